The molecule has 0 aliphatic carbocycles. The van der Waals surface area contributed by atoms with E-state index in [-0.39, 0.29) is 0 Å². The van der Waals surface area contributed by atoms with Crippen molar-refractivity contribution in [1.29, 1.82) is 5.26 Å². The van der Waals surface area contributed by atoms with Crippen LogP contribution in [0, 0.1) is 11.3 Å². The van der Waals surface area contributed by atoms with Crippen molar-refractivity contribution in [3.05, 3.63) is 90.1 Å². The molecule has 5 nitrogen and oxygen atoms in total. The molecule has 1 N–H and O–H groups in total. The smallest absolute Gasteiger partial charge is 0.230 e. The number of hydrogen-bond donors (Lipinski definition) is 1. The normalized spacial score (nSPS) is 10.3. The highest BCUT2D eigenvalue weighted by atomic mass is 16.5. The zero-order valence-corrected chi connectivity index (χ0v) is 14.5. The molecule has 5 heteroatoms. The molecule has 0 aliphatic rings. The van der Waals surface area contributed by atoms with E-state index in [0.717, 1.165) is 11.3 Å². The van der Waals surface area contributed by atoms with Crippen LogP contribution in [0.4, 0.5) is 11.6 Å². The molecule has 0 saturated heterocycles. The number of fused-ring (bicyclic) bond motifs is 1. The SMILES string of the molecule is N#Cc1ccc(Nc2nccc(OCc3cccc4ccccc34)n2)cc1. The Balaban J connectivity index is 1.48. The number of rotatable bonds is 5. The van der Waals surface area contributed by atoms with Crippen LogP contribution < -0.4 is 10.1 Å². The molecule has 0 atom stereocenters. The summed E-state index contributed by atoms with van der Waals surface area (Å²) in [7, 11) is 0. The summed E-state index contributed by atoms with van der Waals surface area (Å²) < 4.78 is 5.88. The van der Waals surface area contributed by atoms with Crippen molar-refractivity contribution in [3.8, 4) is 11.9 Å². The highest BCUT2D eigenvalue weighted by molar-refractivity contribution is 5.85. The summed E-state index contributed by atoms with van der Waals surface area (Å²) in [4.78, 5) is 8.61. The predicted molar refractivity (Wildman–Crippen MR) is 105 cm³/mol. The fourth-order valence-corrected chi connectivity index (χ4v) is 2.81. The van der Waals surface area contributed by atoms with Crippen LogP contribution in [0.1, 0.15) is 11.1 Å². The largest absolute Gasteiger partial charge is 0.473 e. The summed E-state index contributed by atoms with van der Waals surface area (Å²) in [5.41, 5.74) is 2.52. The second-order valence-electron chi connectivity index (χ2n) is 5.96. The standard InChI is InChI=1S/C22H16N4O/c23-14-16-8-10-19(11-9-16)25-22-24-13-12-21(26-22)27-15-18-6-3-5-17-4-1-2-7-20(17)18/h1-13H,15H2,(H,24,25,26). The first-order chi connectivity index (χ1) is 13.3. The summed E-state index contributed by atoms with van der Waals surface area (Å²) in [6, 6.07) is 25.3. The van der Waals surface area contributed by atoms with Gasteiger partial charge in [0.1, 0.15) is 6.61 Å². The third kappa shape index (κ3) is 3.86. The lowest BCUT2D eigenvalue weighted by Gasteiger charge is -2.10. The number of ether oxygens (including phenoxy) is 1. The minimum atomic E-state index is 0.425. The van der Waals surface area contributed by atoms with Crippen LogP contribution in [0.15, 0.2) is 79.0 Å². The van der Waals surface area contributed by atoms with Crippen LogP contribution in [0.3, 0.4) is 0 Å². The number of aromatic nitrogens is 2. The van der Waals surface area contributed by atoms with Gasteiger partial charge in [-0.25, -0.2) is 4.98 Å². The van der Waals surface area contributed by atoms with E-state index in [2.05, 4.69) is 45.6 Å². The molecule has 4 aromatic rings. The van der Waals surface area contributed by atoms with Crippen LogP contribution in [0.25, 0.3) is 10.8 Å². The minimum absolute atomic E-state index is 0.425. The van der Waals surface area contributed by atoms with Gasteiger partial charge in [0.25, 0.3) is 0 Å². The van der Waals surface area contributed by atoms with Crippen molar-refractivity contribution in [3.63, 3.8) is 0 Å². The molecule has 27 heavy (non-hydrogen) atoms. The maximum Gasteiger partial charge on any atom is 0.230 e. The molecule has 1 heterocycles. The molecule has 130 valence electrons. The lowest BCUT2D eigenvalue weighted by molar-refractivity contribution is 0.295. The van der Waals surface area contributed by atoms with Gasteiger partial charge in [0.15, 0.2) is 0 Å². The van der Waals surface area contributed by atoms with E-state index in [1.165, 1.54) is 10.8 Å². The maximum absolute atomic E-state index is 8.86. The monoisotopic (exact) mass is 352 g/mol. The van der Waals surface area contributed by atoms with E-state index in [9.17, 15) is 0 Å². The summed E-state index contributed by atoms with van der Waals surface area (Å²) in [5, 5.41) is 14.3. The molecule has 0 fully saturated rings. The summed E-state index contributed by atoms with van der Waals surface area (Å²) in [6.07, 6.45) is 1.65. The van der Waals surface area contributed by atoms with Gasteiger partial charge in [0.2, 0.25) is 11.8 Å². The van der Waals surface area contributed by atoms with Gasteiger partial charge >= 0.3 is 0 Å². The third-order valence-electron chi connectivity index (χ3n) is 4.16. The molecular formula is C22H16N4O. The topological polar surface area (TPSA) is 70.8 Å². The van der Waals surface area contributed by atoms with Crippen LogP contribution in [-0.4, -0.2) is 9.97 Å². The van der Waals surface area contributed by atoms with E-state index >= 15 is 0 Å². The predicted octanol–water partition coefficient (Wildman–Crippen LogP) is 4.82. The zero-order valence-electron chi connectivity index (χ0n) is 14.5. The molecular weight excluding hydrogens is 336 g/mol. The van der Waals surface area contributed by atoms with Gasteiger partial charge in [0, 0.05) is 18.0 Å². The van der Waals surface area contributed by atoms with Crippen LogP contribution in [0.2, 0.25) is 0 Å². The fourth-order valence-electron chi connectivity index (χ4n) is 2.81. The Morgan fingerprint density at radius 2 is 1.74 bits per heavy atom. The summed E-state index contributed by atoms with van der Waals surface area (Å²) >= 11 is 0. The highest BCUT2D eigenvalue weighted by Crippen LogP contribution is 2.21. The van der Waals surface area contributed by atoms with E-state index in [1.807, 2.05) is 30.3 Å². The van der Waals surface area contributed by atoms with Crippen molar-refractivity contribution in [1.82, 2.24) is 9.97 Å². The lowest BCUT2D eigenvalue weighted by Crippen LogP contribution is -2.01. The zero-order chi connectivity index (χ0) is 18.5. The number of anilines is 2. The highest BCUT2D eigenvalue weighted by Gasteiger charge is 2.04. The molecule has 0 unspecified atom stereocenters. The second-order valence-corrected chi connectivity index (χ2v) is 5.96. The van der Waals surface area contributed by atoms with Crippen molar-refractivity contribution in [2.45, 2.75) is 6.61 Å². The number of nitrogens with zero attached hydrogens (tertiary/aromatic N) is 3. The van der Waals surface area contributed by atoms with Gasteiger partial charge in [-0.05, 0) is 40.6 Å². The number of nitrogens with one attached hydrogen (secondary N) is 1. The lowest BCUT2D eigenvalue weighted by atomic mass is 10.1. The van der Waals surface area contributed by atoms with Crippen LogP contribution in [-0.2, 0) is 6.61 Å². The van der Waals surface area contributed by atoms with Gasteiger partial charge in [0.05, 0.1) is 11.6 Å². The van der Waals surface area contributed by atoms with Gasteiger partial charge in [-0.15, -0.1) is 0 Å². The first-order valence-electron chi connectivity index (χ1n) is 8.51. The average molecular weight is 352 g/mol. The molecule has 0 radical (unpaired) electrons. The Morgan fingerprint density at radius 3 is 2.59 bits per heavy atom. The molecule has 0 saturated carbocycles. The number of hydrogen-bond acceptors (Lipinski definition) is 5. The molecule has 0 amide bonds. The Kier molecular flexibility index (Phi) is 4.62. The summed E-state index contributed by atoms with van der Waals surface area (Å²) in [5.74, 6) is 0.934. The molecule has 1 aromatic heterocycles. The van der Waals surface area contributed by atoms with E-state index in [1.54, 1.807) is 24.4 Å². The minimum Gasteiger partial charge on any atom is -0.473 e. The Labute approximate surface area is 156 Å². The summed E-state index contributed by atoms with van der Waals surface area (Å²) in [6.45, 7) is 0.425. The molecule has 3 aromatic carbocycles. The van der Waals surface area contributed by atoms with E-state index < -0.39 is 0 Å². The fraction of sp³-hybridized carbons (Fsp3) is 0.0455. The third-order valence-corrected chi connectivity index (χ3v) is 4.16. The van der Waals surface area contributed by atoms with Crippen LogP contribution in [0.5, 0.6) is 5.88 Å². The van der Waals surface area contributed by atoms with E-state index in [4.69, 9.17) is 10.00 Å². The first-order valence-corrected chi connectivity index (χ1v) is 8.51. The Morgan fingerprint density at radius 1 is 0.926 bits per heavy atom. The molecule has 0 bridgehead atoms. The first kappa shape index (κ1) is 16.6. The van der Waals surface area contributed by atoms with Crippen molar-refractivity contribution in [2.75, 3.05) is 5.32 Å². The van der Waals surface area contributed by atoms with Crippen molar-refractivity contribution in [2.24, 2.45) is 0 Å². The maximum atomic E-state index is 8.86. The van der Waals surface area contributed by atoms with E-state index in [0.29, 0.717) is 24.0 Å². The van der Waals surface area contributed by atoms with Crippen molar-refractivity contribution < 1.29 is 4.74 Å². The number of benzene rings is 3. The molecule has 0 spiro atoms. The number of nitriles is 1. The Bertz CT molecular complexity index is 1110. The second kappa shape index (κ2) is 7.54. The van der Waals surface area contributed by atoms with Gasteiger partial charge < -0.3 is 10.1 Å². The van der Waals surface area contributed by atoms with Gasteiger partial charge in [-0.1, -0.05) is 42.5 Å². The van der Waals surface area contributed by atoms with Gasteiger partial charge in [-0.3, -0.25) is 0 Å². The quantitative estimate of drug-likeness (QED) is 0.557. The average Bonchev–Trinajstić information content (AvgIpc) is 2.73. The van der Waals surface area contributed by atoms with Crippen molar-refractivity contribution >= 4 is 22.4 Å². The van der Waals surface area contributed by atoms with Gasteiger partial charge in [-0.2, -0.15) is 10.2 Å². The molecule has 4 rings (SSSR count). The molecule has 0 aliphatic heterocycles. The Hall–Kier alpha value is -3.91. The van der Waals surface area contributed by atoms with Crippen LogP contribution >= 0.6 is 0 Å².